The van der Waals surface area contributed by atoms with Gasteiger partial charge >= 0.3 is 0 Å². The zero-order valence-corrected chi connectivity index (χ0v) is 26.1. The van der Waals surface area contributed by atoms with Crippen LogP contribution in [-0.2, 0) is 20.6 Å². The Bertz CT molecular complexity index is 1500. The van der Waals surface area contributed by atoms with Gasteiger partial charge in [0.1, 0.15) is 17.6 Å². The van der Waals surface area contributed by atoms with Gasteiger partial charge in [-0.05, 0) is 26.3 Å². The van der Waals surface area contributed by atoms with Crippen LogP contribution in [0, 0.1) is 6.92 Å². The first-order valence-electron chi connectivity index (χ1n) is 15.0. The number of carbonyl (C=O) groups excluding carboxylic acids is 2. The van der Waals surface area contributed by atoms with Gasteiger partial charge in [0.05, 0.1) is 54.4 Å². The molecular formula is C32H40ClNO11. The monoisotopic (exact) mass is 649 g/mol. The molecule has 2 saturated heterocycles. The average molecular weight is 650 g/mol. The number of ketones is 2. The number of fused-ring (bicyclic) bond motifs is 3. The van der Waals surface area contributed by atoms with Crippen LogP contribution in [-0.4, -0.2) is 116 Å². The number of ether oxygens (including phenoxy) is 3. The van der Waals surface area contributed by atoms with Crippen LogP contribution in [0.1, 0.15) is 81.3 Å². The molecular weight excluding hydrogens is 610 g/mol. The van der Waals surface area contributed by atoms with E-state index >= 15 is 0 Å². The van der Waals surface area contributed by atoms with Gasteiger partial charge in [-0.3, -0.25) is 14.5 Å². The fourth-order valence-corrected chi connectivity index (χ4v) is 7.33. The predicted octanol–water partition coefficient (Wildman–Crippen LogP) is 1.28. The number of aliphatic hydroxyl groups is 4. The second-order valence-corrected chi connectivity index (χ2v) is 12.5. The summed E-state index contributed by atoms with van der Waals surface area (Å²) in [6.07, 6.45) is -5.92. The van der Waals surface area contributed by atoms with Crippen LogP contribution in [0.3, 0.4) is 0 Å². The van der Waals surface area contributed by atoms with Crippen molar-refractivity contribution in [1.29, 1.82) is 0 Å². The first-order chi connectivity index (χ1) is 20.9. The number of aliphatic hydroxyl groups excluding tert-OH is 3. The van der Waals surface area contributed by atoms with E-state index in [2.05, 4.69) is 4.90 Å². The number of phenols is 2. The quantitative estimate of drug-likeness (QED) is 0.218. The third-order valence-corrected chi connectivity index (χ3v) is 9.66. The van der Waals surface area contributed by atoms with E-state index in [1.807, 2.05) is 6.92 Å². The van der Waals surface area contributed by atoms with Gasteiger partial charge in [-0.1, -0.05) is 18.2 Å². The summed E-state index contributed by atoms with van der Waals surface area (Å²) in [7, 11) is 0. The fraction of sp³-hybridized carbons (Fsp3) is 0.562. The number of benzene rings is 2. The molecule has 6 N–H and O–H groups in total. The first-order valence-corrected chi connectivity index (χ1v) is 15.0. The Hall–Kier alpha value is -2.65. The van der Waals surface area contributed by atoms with Gasteiger partial charge in [0.15, 0.2) is 17.9 Å². The molecule has 0 amide bonds. The van der Waals surface area contributed by atoms with Crippen molar-refractivity contribution < 1.29 is 54.4 Å². The van der Waals surface area contributed by atoms with Crippen LogP contribution in [0.4, 0.5) is 0 Å². The zero-order valence-electron chi connectivity index (χ0n) is 25.3. The van der Waals surface area contributed by atoms with E-state index < -0.39 is 78.0 Å². The summed E-state index contributed by atoms with van der Waals surface area (Å²) in [4.78, 5) is 29.5. The van der Waals surface area contributed by atoms with Gasteiger partial charge in [-0.2, -0.15) is 0 Å². The molecule has 0 bridgehead atoms. The standard InChI is InChI=1S/C32H39NO11.ClH/c1-14-5-4-6-17-23(14)30(39)26-25(28(17)37)29(38)18-10-32(41,21(35)13-34)11-20(24(18)31(26)40)44-22-9-19(27(36)16(3)43-22)33-7-8-42-15(2)12-33;/h4-6,15-16,19-22,27,34-36,38,40-41H,7-13H2,1-3H3;1H/t15-,16+,19+,20+,21?,22+,27-,32+;/m1./s1. The molecule has 2 aromatic carbocycles. The van der Waals surface area contributed by atoms with Crippen molar-refractivity contribution in [2.45, 2.75) is 88.5 Å². The van der Waals surface area contributed by atoms with Crippen LogP contribution in [0.15, 0.2) is 18.2 Å². The Morgan fingerprint density at radius 2 is 1.82 bits per heavy atom. The second kappa shape index (κ2) is 12.5. The number of aryl methyl sites for hydroxylation is 1. The number of carbonyl (C=O) groups is 2. The summed E-state index contributed by atoms with van der Waals surface area (Å²) < 4.78 is 18.1. The molecule has 2 aliphatic heterocycles. The lowest BCUT2D eigenvalue weighted by Crippen LogP contribution is -2.59. The first kappa shape index (κ1) is 33.7. The highest BCUT2D eigenvalue weighted by Gasteiger charge is 2.50. The topological polar surface area (TPSA) is 186 Å². The molecule has 12 nitrogen and oxygen atoms in total. The van der Waals surface area contributed by atoms with E-state index in [0.29, 0.717) is 25.3 Å². The van der Waals surface area contributed by atoms with Crippen molar-refractivity contribution in [2.24, 2.45) is 0 Å². The summed E-state index contributed by atoms with van der Waals surface area (Å²) in [6.45, 7) is 6.21. The average Bonchev–Trinajstić information content (AvgIpc) is 2.98. The van der Waals surface area contributed by atoms with Gasteiger partial charge < -0.3 is 44.8 Å². The Labute approximate surface area is 266 Å². The summed E-state index contributed by atoms with van der Waals surface area (Å²) in [5.41, 5.74) is -2.12. The summed E-state index contributed by atoms with van der Waals surface area (Å²) in [5.74, 6) is -2.47. The molecule has 0 saturated carbocycles. The van der Waals surface area contributed by atoms with E-state index in [-0.39, 0.29) is 65.2 Å². The van der Waals surface area contributed by atoms with Crippen molar-refractivity contribution in [3.8, 4) is 11.5 Å². The highest BCUT2D eigenvalue weighted by molar-refractivity contribution is 6.31. The third kappa shape index (κ3) is 5.56. The molecule has 0 radical (unpaired) electrons. The molecule has 6 rings (SSSR count). The molecule has 0 aromatic heterocycles. The molecule has 13 heteroatoms. The maximum absolute atomic E-state index is 13.8. The lowest BCUT2D eigenvalue weighted by Gasteiger charge is -2.47. The predicted molar refractivity (Wildman–Crippen MR) is 161 cm³/mol. The van der Waals surface area contributed by atoms with Crippen LogP contribution in [0.25, 0.3) is 0 Å². The Morgan fingerprint density at radius 1 is 1.11 bits per heavy atom. The number of aromatic hydroxyl groups is 2. The van der Waals surface area contributed by atoms with E-state index in [9.17, 15) is 40.2 Å². The summed E-state index contributed by atoms with van der Waals surface area (Å²) >= 11 is 0. The van der Waals surface area contributed by atoms with Crippen LogP contribution in [0.5, 0.6) is 11.5 Å². The second-order valence-electron chi connectivity index (χ2n) is 12.5. The Morgan fingerprint density at radius 3 is 2.51 bits per heavy atom. The normalized spacial score (nSPS) is 32.2. The number of hydrogen-bond donors (Lipinski definition) is 6. The van der Waals surface area contributed by atoms with Crippen molar-refractivity contribution in [3.63, 3.8) is 0 Å². The molecule has 2 aliphatic carbocycles. The number of morpholine rings is 1. The van der Waals surface area contributed by atoms with Gasteiger partial charge in [0, 0.05) is 60.6 Å². The third-order valence-electron chi connectivity index (χ3n) is 9.66. The largest absolute Gasteiger partial charge is 0.507 e. The van der Waals surface area contributed by atoms with Crippen LogP contribution in [0.2, 0.25) is 0 Å². The van der Waals surface area contributed by atoms with Crippen molar-refractivity contribution in [1.82, 2.24) is 4.90 Å². The molecule has 0 spiro atoms. The smallest absolute Gasteiger partial charge is 0.198 e. The maximum atomic E-state index is 13.8. The minimum atomic E-state index is -2.03. The van der Waals surface area contributed by atoms with Crippen molar-refractivity contribution in [2.75, 3.05) is 26.3 Å². The number of rotatable bonds is 5. The van der Waals surface area contributed by atoms with E-state index in [1.165, 1.54) is 6.07 Å². The summed E-state index contributed by atoms with van der Waals surface area (Å²) in [6, 6.07) is 4.41. The minimum Gasteiger partial charge on any atom is -0.507 e. The zero-order chi connectivity index (χ0) is 31.7. The molecule has 2 fully saturated rings. The lowest BCUT2D eigenvalue weighted by atomic mass is 9.71. The van der Waals surface area contributed by atoms with Gasteiger partial charge in [-0.25, -0.2) is 0 Å². The number of halogens is 1. The maximum Gasteiger partial charge on any atom is 0.198 e. The molecule has 4 aliphatic rings. The van der Waals surface area contributed by atoms with E-state index in [4.69, 9.17) is 14.2 Å². The lowest BCUT2D eigenvalue weighted by molar-refractivity contribution is -0.264. The number of nitrogens with zero attached hydrogens (tertiary/aromatic N) is 1. The van der Waals surface area contributed by atoms with E-state index in [1.54, 1.807) is 26.0 Å². The SMILES string of the molecule is Cc1cccc2c1C(=O)c1c(O)c3c(c(O)c1C2=O)C[C@@](O)(C(O)CO)C[C@@H]3O[C@H]1C[C@H](N2CCO[C@H](C)C2)[C@H](O)[C@H](C)O1.Cl. The molecule has 8 atom stereocenters. The molecule has 1 unspecified atom stereocenters. The molecule has 2 heterocycles. The number of phenolic OH excluding ortho intramolecular Hbond substituents is 2. The molecule has 246 valence electrons. The van der Waals surface area contributed by atoms with Crippen LogP contribution >= 0.6 is 12.4 Å². The highest BCUT2D eigenvalue weighted by Crippen LogP contribution is 2.52. The Kier molecular flexibility index (Phi) is 9.37. The highest BCUT2D eigenvalue weighted by atomic mass is 35.5. The van der Waals surface area contributed by atoms with Gasteiger partial charge in [0.25, 0.3) is 0 Å². The van der Waals surface area contributed by atoms with E-state index in [0.717, 1.165) is 0 Å². The van der Waals surface area contributed by atoms with Gasteiger partial charge in [-0.15, -0.1) is 12.4 Å². The van der Waals surface area contributed by atoms with Gasteiger partial charge in [0.2, 0.25) is 0 Å². The summed E-state index contributed by atoms with van der Waals surface area (Å²) in [5, 5.41) is 66.2. The Balaban J connectivity index is 0.00000400. The molecule has 2 aromatic rings. The molecule has 45 heavy (non-hydrogen) atoms. The van der Waals surface area contributed by atoms with Crippen molar-refractivity contribution >= 4 is 24.0 Å². The van der Waals surface area contributed by atoms with Crippen molar-refractivity contribution in [3.05, 3.63) is 57.1 Å². The number of hydrogen-bond acceptors (Lipinski definition) is 12. The minimum absolute atomic E-state index is 0. The fourth-order valence-electron chi connectivity index (χ4n) is 7.33. The van der Waals surface area contributed by atoms with Crippen LogP contribution < -0.4 is 0 Å².